The van der Waals surface area contributed by atoms with Gasteiger partial charge in [-0.1, -0.05) is 24.6 Å². The maximum atomic E-state index is 12.4. The zero-order valence-electron chi connectivity index (χ0n) is 17.2. The number of aromatic nitrogens is 2. The van der Waals surface area contributed by atoms with E-state index in [4.69, 9.17) is 0 Å². The molecule has 0 amide bonds. The lowest BCUT2D eigenvalue weighted by Crippen LogP contribution is -2.29. The molecule has 0 bridgehead atoms. The highest BCUT2D eigenvalue weighted by molar-refractivity contribution is 7.89. The summed E-state index contributed by atoms with van der Waals surface area (Å²) < 4.78 is 27.3. The van der Waals surface area contributed by atoms with Gasteiger partial charge in [0.2, 0.25) is 10.0 Å². The highest BCUT2D eigenvalue weighted by Gasteiger charge is 2.13. The van der Waals surface area contributed by atoms with Crippen molar-refractivity contribution < 1.29 is 13.3 Å². The van der Waals surface area contributed by atoms with Gasteiger partial charge < -0.3 is 5.32 Å². The number of anilines is 1. The number of nitrogens with zero attached hydrogens (tertiary/aromatic N) is 3. The van der Waals surface area contributed by atoms with Gasteiger partial charge in [0.15, 0.2) is 5.82 Å². The lowest BCUT2D eigenvalue weighted by Gasteiger charge is -2.11. The van der Waals surface area contributed by atoms with Crippen molar-refractivity contribution in [2.75, 3.05) is 18.4 Å². The lowest BCUT2D eigenvalue weighted by atomic mass is 10.2. The molecular formula is C21H23N5O4S. The SMILES string of the molecule is CCc1cc(NCCNS(=O)(=O)c2ccc(C)cc2)nc(-c2ccc([N+](=O)[O-])cc2)n1. The van der Waals surface area contributed by atoms with Gasteiger partial charge in [0, 0.05) is 42.5 Å². The minimum Gasteiger partial charge on any atom is -0.369 e. The third-order valence-corrected chi connectivity index (χ3v) is 6.01. The van der Waals surface area contributed by atoms with E-state index >= 15 is 0 Å². The van der Waals surface area contributed by atoms with Crippen LogP contribution in [0.4, 0.5) is 11.5 Å². The summed E-state index contributed by atoms with van der Waals surface area (Å²) in [5, 5.41) is 13.9. The number of rotatable bonds is 9. The summed E-state index contributed by atoms with van der Waals surface area (Å²) >= 11 is 0. The van der Waals surface area contributed by atoms with Crippen molar-refractivity contribution >= 4 is 21.5 Å². The number of nitro groups is 1. The number of sulfonamides is 1. The van der Waals surface area contributed by atoms with Crippen molar-refractivity contribution in [2.45, 2.75) is 25.2 Å². The predicted octanol–water partition coefficient (Wildman–Crippen LogP) is 3.31. The first-order chi connectivity index (χ1) is 14.8. The van der Waals surface area contributed by atoms with Crippen molar-refractivity contribution in [3.05, 3.63) is 76.0 Å². The summed E-state index contributed by atoms with van der Waals surface area (Å²) in [5.74, 6) is 0.992. The van der Waals surface area contributed by atoms with E-state index in [0.29, 0.717) is 30.2 Å². The van der Waals surface area contributed by atoms with Crippen molar-refractivity contribution in [2.24, 2.45) is 0 Å². The minimum absolute atomic E-state index is 0.00500. The molecule has 10 heteroatoms. The zero-order chi connectivity index (χ0) is 22.4. The Morgan fingerprint density at radius 3 is 2.29 bits per heavy atom. The van der Waals surface area contributed by atoms with Crippen LogP contribution in [0.15, 0.2) is 59.5 Å². The van der Waals surface area contributed by atoms with Crippen LogP contribution in [0.5, 0.6) is 0 Å². The molecule has 9 nitrogen and oxygen atoms in total. The van der Waals surface area contributed by atoms with Gasteiger partial charge >= 0.3 is 0 Å². The summed E-state index contributed by atoms with van der Waals surface area (Å²) in [6, 6.07) is 14.5. The van der Waals surface area contributed by atoms with Crippen LogP contribution in [0.2, 0.25) is 0 Å². The molecule has 0 unspecified atom stereocenters. The normalized spacial score (nSPS) is 11.3. The van der Waals surface area contributed by atoms with Crippen LogP contribution in [0.1, 0.15) is 18.2 Å². The Hall–Kier alpha value is -3.37. The molecule has 0 spiro atoms. The topological polar surface area (TPSA) is 127 Å². The van der Waals surface area contributed by atoms with Gasteiger partial charge in [0.25, 0.3) is 5.69 Å². The average molecular weight is 442 g/mol. The standard InChI is InChI=1S/C21H23N5O4S/c1-3-17-14-20(25-21(24-17)16-6-8-18(9-7-16)26(27)28)22-12-13-23-31(29,30)19-10-4-15(2)5-11-19/h4-11,14,23H,3,12-13H2,1-2H3,(H,22,24,25). The fourth-order valence-electron chi connectivity index (χ4n) is 2.81. The molecule has 3 rings (SSSR count). The van der Waals surface area contributed by atoms with Crippen molar-refractivity contribution in [1.82, 2.24) is 14.7 Å². The van der Waals surface area contributed by atoms with Crippen LogP contribution in [0.3, 0.4) is 0 Å². The molecule has 0 radical (unpaired) electrons. The molecule has 0 saturated heterocycles. The van der Waals surface area contributed by atoms with Crippen LogP contribution in [0, 0.1) is 17.0 Å². The maximum Gasteiger partial charge on any atom is 0.269 e. The summed E-state index contributed by atoms with van der Waals surface area (Å²) in [6.07, 6.45) is 0.678. The average Bonchev–Trinajstić information content (AvgIpc) is 2.77. The number of nitro benzene ring substituents is 1. The fourth-order valence-corrected chi connectivity index (χ4v) is 3.84. The van der Waals surface area contributed by atoms with Gasteiger partial charge in [-0.2, -0.15) is 0 Å². The molecule has 0 aliphatic rings. The molecule has 2 aromatic carbocycles. The fraction of sp³-hybridized carbons (Fsp3) is 0.238. The van der Waals surface area contributed by atoms with Gasteiger partial charge in [-0.25, -0.2) is 23.1 Å². The maximum absolute atomic E-state index is 12.4. The Labute approximate surface area is 180 Å². The zero-order valence-corrected chi connectivity index (χ0v) is 18.0. The first-order valence-corrected chi connectivity index (χ1v) is 11.2. The summed E-state index contributed by atoms with van der Waals surface area (Å²) in [5.41, 5.74) is 2.43. The van der Waals surface area contributed by atoms with Crippen LogP contribution in [-0.2, 0) is 16.4 Å². The van der Waals surface area contributed by atoms with Crippen molar-refractivity contribution in [3.63, 3.8) is 0 Å². The molecule has 3 aromatic rings. The molecule has 0 aliphatic heterocycles. The van der Waals surface area contributed by atoms with Gasteiger partial charge in [-0.05, 0) is 37.6 Å². The number of benzene rings is 2. The van der Waals surface area contributed by atoms with Crippen LogP contribution < -0.4 is 10.0 Å². The second-order valence-electron chi connectivity index (χ2n) is 6.86. The molecule has 0 saturated carbocycles. The molecule has 0 fully saturated rings. The Balaban J connectivity index is 1.67. The number of hydrogen-bond donors (Lipinski definition) is 2. The third-order valence-electron chi connectivity index (χ3n) is 4.53. The lowest BCUT2D eigenvalue weighted by molar-refractivity contribution is -0.384. The number of aryl methyl sites for hydroxylation is 2. The van der Waals surface area contributed by atoms with Gasteiger partial charge in [0.1, 0.15) is 5.82 Å². The van der Waals surface area contributed by atoms with E-state index in [-0.39, 0.29) is 17.1 Å². The minimum atomic E-state index is -3.58. The van der Waals surface area contributed by atoms with Crippen LogP contribution >= 0.6 is 0 Å². The Morgan fingerprint density at radius 2 is 1.68 bits per heavy atom. The van der Waals surface area contributed by atoms with E-state index in [1.807, 2.05) is 13.8 Å². The van der Waals surface area contributed by atoms with E-state index in [1.54, 1.807) is 42.5 Å². The number of nitrogens with one attached hydrogen (secondary N) is 2. The van der Waals surface area contributed by atoms with E-state index in [2.05, 4.69) is 20.0 Å². The summed E-state index contributed by atoms with van der Waals surface area (Å²) in [6.45, 7) is 4.35. The van der Waals surface area contributed by atoms with Crippen molar-refractivity contribution in [3.8, 4) is 11.4 Å². The van der Waals surface area contributed by atoms with Gasteiger partial charge in [-0.15, -0.1) is 0 Å². The molecule has 0 atom stereocenters. The Bertz CT molecular complexity index is 1160. The molecule has 0 aliphatic carbocycles. The third kappa shape index (κ3) is 5.83. The van der Waals surface area contributed by atoms with E-state index in [0.717, 1.165) is 11.3 Å². The van der Waals surface area contributed by atoms with E-state index < -0.39 is 14.9 Å². The monoisotopic (exact) mass is 441 g/mol. The van der Waals surface area contributed by atoms with Crippen molar-refractivity contribution in [1.29, 1.82) is 0 Å². The van der Waals surface area contributed by atoms with Crippen LogP contribution in [0.25, 0.3) is 11.4 Å². The molecule has 31 heavy (non-hydrogen) atoms. The quantitative estimate of drug-likeness (QED) is 0.296. The smallest absolute Gasteiger partial charge is 0.269 e. The molecule has 1 aromatic heterocycles. The first-order valence-electron chi connectivity index (χ1n) is 9.71. The predicted molar refractivity (Wildman–Crippen MR) is 118 cm³/mol. The van der Waals surface area contributed by atoms with Gasteiger partial charge in [0.05, 0.1) is 9.82 Å². The molecular weight excluding hydrogens is 418 g/mol. The van der Waals surface area contributed by atoms with E-state index in [9.17, 15) is 18.5 Å². The molecule has 1 heterocycles. The highest BCUT2D eigenvalue weighted by atomic mass is 32.2. The molecule has 2 N–H and O–H groups in total. The van der Waals surface area contributed by atoms with Crippen LogP contribution in [-0.4, -0.2) is 36.4 Å². The van der Waals surface area contributed by atoms with E-state index in [1.165, 1.54) is 12.1 Å². The van der Waals surface area contributed by atoms with Gasteiger partial charge in [-0.3, -0.25) is 10.1 Å². The second kappa shape index (κ2) is 9.63. The second-order valence-corrected chi connectivity index (χ2v) is 8.63. The summed E-state index contributed by atoms with van der Waals surface area (Å²) in [4.78, 5) is 19.5. The Kier molecular flexibility index (Phi) is 6.93. The first kappa shape index (κ1) is 22.3. The highest BCUT2D eigenvalue weighted by Crippen LogP contribution is 2.21. The molecule has 162 valence electrons. The summed E-state index contributed by atoms with van der Waals surface area (Å²) in [7, 11) is -3.58. The number of non-ortho nitro benzene ring substituents is 1. The number of hydrogen-bond acceptors (Lipinski definition) is 7. The largest absolute Gasteiger partial charge is 0.369 e. The Morgan fingerprint density at radius 1 is 1.00 bits per heavy atom.